The smallest absolute Gasteiger partial charge is 0.311 e. The Balaban J connectivity index is 2.08. The maximum Gasteiger partial charge on any atom is 0.311 e. The van der Waals surface area contributed by atoms with Gasteiger partial charge in [-0.3, -0.25) is 14.5 Å². The van der Waals surface area contributed by atoms with Gasteiger partial charge in [-0.1, -0.05) is 13.0 Å². The van der Waals surface area contributed by atoms with Crippen molar-refractivity contribution < 1.29 is 9.59 Å². The van der Waals surface area contributed by atoms with Gasteiger partial charge in [0, 0.05) is 50.2 Å². The summed E-state index contributed by atoms with van der Waals surface area (Å²) in [5.41, 5.74) is 0. The van der Waals surface area contributed by atoms with E-state index in [1.165, 1.54) is 4.88 Å². The van der Waals surface area contributed by atoms with Crippen LogP contribution in [0.25, 0.3) is 0 Å². The summed E-state index contributed by atoms with van der Waals surface area (Å²) in [6.45, 7) is 14.2. The fourth-order valence-corrected chi connectivity index (χ4v) is 4.53. The molecule has 0 spiro atoms. The fourth-order valence-electron chi connectivity index (χ4n) is 3.56. The van der Waals surface area contributed by atoms with E-state index in [4.69, 9.17) is 0 Å². The second kappa shape index (κ2) is 10.0. The SMILES string of the molecule is CCN1CCN([C@@H](c2cccs2)[C@H](C)NC(=O)C(=O)N(CC)CC)CC1. The summed E-state index contributed by atoms with van der Waals surface area (Å²) in [4.78, 5) is 32.4. The Morgan fingerprint density at radius 2 is 1.85 bits per heavy atom. The summed E-state index contributed by atoms with van der Waals surface area (Å²) in [5.74, 6) is -0.947. The van der Waals surface area contributed by atoms with Crippen LogP contribution >= 0.6 is 11.3 Å². The van der Waals surface area contributed by atoms with Gasteiger partial charge in [0.2, 0.25) is 0 Å². The van der Waals surface area contributed by atoms with Crippen LogP contribution in [0.15, 0.2) is 17.5 Å². The summed E-state index contributed by atoms with van der Waals surface area (Å²) in [5, 5.41) is 5.03. The van der Waals surface area contributed by atoms with Crippen LogP contribution in [0.2, 0.25) is 0 Å². The first kappa shape index (κ1) is 20.9. The fraction of sp³-hybridized carbons (Fsp3) is 0.684. The third kappa shape index (κ3) is 5.05. The van der Waals surface area contributed by atoms with Crippen LogP contribution in [0.3, 0.4) is 0 Å². The predicted molar refractivity (Wildman–Crippen MR) is 106 cm³/mol. The summed E-state index contributed by atoms with van der Waals surface area (Å²) in [6.07, 6.45) is 0. The van der Waals surface area contributed by atoms with E-state index in [2.05, 4.69) is 33.5 Å². The molecule has 6 nitrogen and oxygen atoms in total. The zero-order valence-corrected chi connectivity index (χ0v) is 17.2. The molecule has 7 heteroatoms. The molecular weight excluding hydrogens is 348 g/mol. The molecule has 0 radical (unpaired) electrons. The van der Waals surface area contributed by atoms with Crippen LogP contribution in [0.5, 0.6) is 0 Å². The van der Waals surface area contributed by atoms with E-state index >= 15 is 0 Å². The molecular formula is C19H32N4O2S. The van der Waals surface area contributed by atoms with Crippen molar-refractivity contribution in [2.45, 2.75) is 39.8 Å². The van der Waals surface area contributed by atoms with Gasteiger partial charge >= 0.3 is 11.8 Å². The highest BCUT2D eigenvalue weighted by Gasteiger charge is 2.32. The van der Waals surface area contributed by atoms with Gasteiger partial charge < -0.3 is 15.1 Å². The molecule has 1 aliphatic heterocycles. The molecule has 2 atom stereocenters. The number of amides is 2. The molecule has 1 aromatic rings. The maximum atomic E-state index is 12.4. The standard InChI is InChI=1S/C19H32N4O2S/c1-5-21-10-12-23(13-11-21)17(16-9-8-14-26-16)15(4)20-18(24)19(25)22(6-2)7-3/h8-9,14-15,17H,5-7,10-13H2,1-4H3,(H,20,24)/t15-,17+/m0/s1. The third-order valence-electron chi connectivity index (χ3n) is 5.16. The second-order valence-electron chi connectivity index (χ2n) is 6.67. The van der Waals surface area contributed by atoms with Gasteiger partial charge in [-0.2, -0.15) is 0 Å². The van der Waals surface area contributed by atoms with Gasteiger partial charge in [-0.05, 0) is 38.8 Å². The number of hydrogen-bond acceptors (Lipinski definition) is 5. The summed E-state index contributed by atoms with van der Waals surface area (Å²) in [7, 11) is 0. The molecule has 0 aliphatic carbocycles. The molecule has 26 heavy (non-hydrogen) atoms. The molecule has 0 bridgehead atoms. The number of thiophene rings is 1. The lowest BCUT2D eigenvalue weighted by atomic mass is 10.0. The minimum absolute atomic E-state index is 0.0995. The molecule has 0 aromatic carbocycles. The van der Waals surface area contributed by atoms with E-state index in [1.54, 1.807) is 16.2 Å². The van der Waals surface area contributed by atoms with Crippen molar-refractivity contribution >= 4 is 23.2 Å². The first-order chi connectivity index (χ1) is 12.5. The summed E-state index contributed by atoms with van der Waals surface area (Å²) in [6, 6.07) is 4.14. The van der Waals surface area contributed by atoms with Crippen molar-refractivity contribution in [2.75, 3.05) is 45.8 Å². The quantitative estimate of drug-likeness (QED) is 0.733. The minimum atomic E-state index is -0.505. The Hall–Kier alpha value is -1.44. The highest BCUT2D eigenvalue weighted by Crippen LogP contribution is 2.29. The normalized spacial score (nSPS) is 18.3. The zero-order chi connectivity index (χ0) is 19.1. The Bertz CT molecular complexity index is 566. The van der Waals surface area contributed by atoms with Crippen molar-refractivity contribution in [2.24, 2.45) is 0 Å². The van der Waals surface area contributed by atoms with E-state index in [0.29, 0.717) is 13.1 Å². The number of carbonyl (C=O) groups is 2. The van der Waals surface area contributed by atoms with Crippen LogP contribution in [0.1, 0.15) is 38.6 Å². The highest BCUT2D eigenvalue weighted by atomic mass is 32.1. The average Bonchev–Trinajstić information content (AvgIpc) is 3.17. The molecule has 0 saturated carbocycles. The number of nitrogens with one attached hydrogen (secondary N) is 1. The molecule has 2 rings (SSSR count). The summed E-state index contributed by atoms with van der Waals surface area (Å²) < 4.78 is 0. The van der Waals surface area contributed by atoms with Crippen molar-refractivity contribution in [3.05, 3.63) is 22.4 Å². The molecule has 146 valence electrons. The van der Waals surface area contributed by atoms with E-state index in [-0.39, 0.29) is 12.1 Å². The first-order valence-corrected chi connectivity index (χ1v) is 10.5. The lowest BCUT2D eigenvalue weighted by molar-refractivity contribution is -0.146. The molecule has 1 N–H and O–H groups in total. The Morgan fingerprint density at radius 1 is 1.19 bits per heavy atom. The van der Waals surface area contributed by atoms with Gasteiger partial charge in [0.15, 0.2) is 0 Å². The third-order valence-corrected chi connectivity index (χ3v) is 6.10. The molecule has 1 aromatic heterocycles. The van der Waals surface area contributed by atoms with Gasteiger partial charge in [0.05, 0.1) is 6.04 Å². The monoisotopic (exact) mass is 380 g/mol. The molecule has 2 amide bonds. The number of piperazine rings is 1. The van der Waals surface area contributed by atoms with Crippen LogP contribution < -0.4 is 5.32 Å². The van der Waals surface area contributed by atoms with E-state index in [9.17, 15) is 9.59 Å². The largest absolute Gasteiger partial charge is 0.343 e. The molecule has 2 heterocycles. The highest BCUT2D eigenvalue weighted by molar-refractivity contribution is 7.10. The topological polar surface area (TPSA) is 55.9 Å². The molecule has 0 unspecified atom stereocenters. The number of hydrogen-bond donors (Lipinski definition) is 1. The predicted octanol–water partition coefficient (Wildman–Crippen LogP) is 1.80. The van der Waals surface area contributed by atoms with Crippen molar-refractivity contribution in [3.63, 3.8) is 0 Å². The van der Waals surface area contributed by atoms with Crippen LogP contribution in [0, 0.1) is 0 Å². The summed E-state index contributed by atoms with van der Waals surface area (Å²) >= 11 is 1.71. The van der Waals surface area contributed by atoms with Gasteiger partial charge in [-0.25, -0.2) is 0 Å². The van der Waals surface area contributed by atoms with Crippen LogP contribution in [-0.2, 0) is 9.59 Å². The number of carbonyl (C=O) groups excluding carboxylic acids is 2. The van der Waals surface area contributed by atoms with E-state index in [0.717, 1.165) is 32.7 Å². The maximum absolute atomic E-state index is 12.4. The second-order valence-corrected chi connectivity index (χ2v) is 7.65. The Morgan fingerprint density at radius 3 is 2.35 bits per heavy atom. The van der Waals surface area contributed by atoms with E-state index < -0.39 is 11.8 Å². The lowest BCUT2D eigenvalue weighted by Crippen LogP contribution is -2.54. The van der Waals surface area contributed by atoms with Gasteiger partial charge in [0.1, 0.15) is 0 Å². The molecule has 1 fully saturated rings. The zero-order valence-electron chi connectivity index (χ0n) is 16.4. The van der Waals surface area contributed by atoms with Crippen molar-refractivity contribution in [3.8, 4) is 0 Å². The number of nitrogens with zero attached hydrogens (tertiary/aromatic N) is 3. The number of likely N-dealkylation sites (N-methyl/N-ethyl adjacent to an activating group) is 2. The van der Waals surface area contributed by atoms with Crippen molar-refractivity contribution in [1.82, 2.24) is 20.0 Å². The molecule has 1 aliphatic rings. The van der Waals surface area contributed by atoms with Gasteiger partial charge in [0.25, 0.3) is 0 Å². The first-order valence-electron chi connectivity index (χ1n) is 9.61. The van der Waals surface area contributed by atoms with E-state index in [1.807, 2.05) is 26.8 Å². The van der Waals surface area contributed by atoms with Gasteiger partial charge in [-0.15, -0.1) is 11.3 Å². The van der Waals surface area contributed by atoms with Crippen LogP contribution in [-0.4, -0.2) is 78.4 Å². The lowest BCUT2D eigenvalue weighted by Gasteiger charge is -2.41. The number of rotatable bonds is 7. The Labute approximate surface area is 161 Å². The van der Waals surface area contributed by atoms with Crippen molar-refractivity contribution in [1.29, 1.82) is 0 Å². The minimum Gasteiger partial charge on any atom is -0.343 e. The van der Waals surface area contributed by atoms with Crippen LogP contribution in [0.4, 0.5) is 0 Å². The Kier molecular flexibility index (Phi) is 8.06. The molecule has 1 saturated heterocycles. The average molecular weight is 381 g/mol.